The van der Waals surface area contributed by atoms with Crippen LogP contribution in [0.25, 0.3) is 0 Å². The van der Waals surface area contributed by atoms with Crippen molar-refractivity contribution >= 4 is 21.5 Å². The van der Waals surface area contributed by atoms with Crippen LogP contribution in [-0.4, -0.2) is 31.0 Å². The van der Waals surface area contributed by atoms with Crippen molar-refractivity contribution in [2.24, 2.45) is 10.8 Å². The van der Waals surface area contributed by atoms with E-state index in [9.17, 15) is 13.2 Å². The molecule has 2 aliphatic rings. The number of sulfone groups is 1. The summed E-state index contributed by atoms with van der Waals surface area (Å²) in [6.07, 6.45) is 2.24. The van der Waals surface area contributed by atoms with Gasteiger partial charge in [-0.15, -0.1) is 0 Å². The fourth-order valence-corrected chi connectivity index (χ4v) is 6.43. The molecule has 0 radical (unpaired) electrons. The summed E-state index contributed by atoms with van der Waals surface area (Å²) in [5.41, 5.74) is 13.5. The Morgan fingerprint density at radius 3 is 2.63 bits per heavy atom. The van der Waals surface area contributed by atoms with Crippen molar-refractivity contribution in [3.8, 4) is 0 Å². The first-order valence-electron chi connectivity index (χ1n) is 10.4. The van der Waals surface area contributed by atoms with Crippen LogP contribution in [0.4, 0.5) is 0 Å². The third-order valence-corrected chi connectivity index (χ3v) is 8.33. The Morgan fingerprint density at radius 2 is 1.90 bits per heavy atom. The third-order valence-electron chi connectivity index (χ3n) is 6.09. The predicted octanol–water partition coefficient (Wildman–Crippen LogP) is 2.83. The maximum Gasteiger partial charge on any atom is 0.241 e. The topological polar surface area (TPSA) is 102 Å². The Balaban J connectivity index is 1.66. The molecule has 1 aliphatic carbocycles. The molecule has 1 heterocycles. The first-order valence-corrected chi connectivity index (χ1v) is 12.1. The number of carbonyl (C=O) groups excluding carboxylic acids is 1. The molecule has 2 aromatic carbocycles. The highest BCUT2D eigenvalue weighted by Crippen LogP contribution is 2.36. The van der Waals surface area contributed by atoms with Gasteiger partial charge in [-0.3, -0.25) is 4.79 Å². The van der Waals surface area contributed by atoms with Crippen molar-refractivity contribution in [1.82, 2.24) is 5.43 Å². The molecule has 0 saturated heterocycles. The van der Waals surface area contributed by atoms with E-state index in [1.54, 1.807) is 0 Å². The zero-order chi connectivity index (χ0) is 21.3. The number of hydrogen-bond donors (Lipinski definition) is 2. The second kappa shape index (κ2) is 8.32. The monoisotopic (exact) mass is 425 g/mol. The lowest BCUT2D eigenvalue weighted by Gasteiger charge is -2.24. The van der Waals surface area contributed by atoms with Gasteiger partial charge in [-0.05, 0) is 41.2 Å². The fraction of sp³-hybridized carbons (Fsp3) is 0.391. The summed E-state index contributed by atoms with van der Waals surface area (Å²) >= 11 is 0. The van der Waals surface area contributed by atoms with E-state index in [4.69, 9.17) is 5.73 Å². The van der Waals surface area contributed by atoms with Gasteiger partial charge in [-0.25, -0.2) is 13.8 Å². The number of fused-ring (bicyclic) bond motifs is 1. The molecule has 7 heteroatoms. The van der Waals surface area contributed by atoms with E-state index in [2.05, 4.69) is 10.5 Å². The Bertz CT molecular complexity index is 1080. The minimum absolute atomic E-state index is 0.113. The molecule has 1 amide bonds. The average Bonchev–Trinajstić information content (AvgIpc) is 3.09. The number of hydrogen-bond acceptors (Lipinski definition) is 5. The van der Waals surface area contributed by atoms with Crippen molar-refractivity contribution in [3.05, 3.63) is 70.8 Å². The normalized spacial score (nSPS) is 23.6. The largest absolute Gasteiger partial charge is 0.323 e. The summed E-state index contributed by atoms with van der Waals surface area (Å²) in [5.74, 6) is -0.0765. The van der Waals surface area contributed by atoms with E-state index in [1.807, 2.05) is 55.5 Å². The predicted molar refractivity (Wildman–Crippen MR) is 118 cm³/mol. The molecule has 0 bridgehead atoms. The van der Waals surface area contributed by atoms with Crippen molar-refractivity contribution in [1.29, 1.82) is 0 Å². The Morgan fingerprint density at radius 1 is 1.13 bits per heavy atom. The van der Waals surface area contributed by atoms with Gasteiger partial charge in [0.05, 0.1) is 16.7 Å². The maximum atomic E-state index is 12.8. The molecule has 3 atom stereocenters. The van der Waals surface area contributed by atoms with E-state index in [0.29, 0.717) is 19.3 Å². The van der Waals surface area contributed by atoms with Crippen LogP contribution in [0.1, 0.15) is 60.4 Å². The van der Waals surface area contributed by atoms with Gasteiger partial charge in [0, 0.05) is 18.4 Å². The second-order valence-corrected chi connectivity index (χ2v) is 10.4. The average molecular weight is 426 g/mol. The highest BCUT2D eigenvalue weighted by molar-refractivity contribution is 7.92. The van der Waals surface area contributed by atoms with Crippen LogP contribution in [-0.2, 0) is 21.1 Å². The Hall–Kier alpha value is -2.51. The summed E-state index contributed by atoms with van der Waals surface area (Å²) in [4.78, 5) is 12.0. The van der Waals surface area contributed by atoms with E-state index in [-0.39, 0.29) is 17.6 Å². The molecular formula is C23H27N3O3S. The molecule has 158 valence electrons. The minimum atomic E-state index is -3.25. The summed E-state index contributed by atoms with van der Waals surface area (Å²) < 4.78 is 25.6. The minimum Gasteiger partial charge on any atom is -0.323 e. The molecule has 3 unspecified atom stereocenters. The number of nitrogens with zero attached hydrogens (tertiary/aromatic N) is 1. The van der Waals surface area contributed by atoms with Crippen molar-refractivity contribution in [2.75, 3.05) is 5.75 Å². The second-order valence-electron chi connectivity index (χ2n) is 8.10. The van der Waals surface area contributed by atoms with Gasteiger partial charge in [0.1, 0.15) is 0 Å². The van der Waals surface area contributed by atoms with Crippen LogP contribution >= 0.6 is 0 Å². The summed E-state index contributed by atoms with van der Waals surface area (Å²) in [6, 6.07) is 15.2. The molecule has 4 rings (SSSR count). The van der Waals surface area contributed by atoms with E-state index < -0.39 is 21.1 Å². The molecule has 30 heavy (non-hydrogen) atoms. The van der Waals surface area contributed by atoms with E-state index in [0.717, 1.165) is 34.4 Å². The molecule has 6 nitrogen and oxygen atoms in total. The summed E-state index contributed by atoms with van der Waals surface area (Å²) in [7, 11) is -3.25. The van der Waals surface area contributed by atoms with Crippen molar-refractivity contribution < 1.29 is 13.2 Å². The number of nitrogens with one attached hydrogen (secondary N) is 1. The van der Waals surface area contributed by atoms with Gasteiger partial charge >= 0.3 is 0 Å². The number of hydrazone groups is 1. The lowest BCUT2D eigenvalue weighted by atomic mass is 9.85. The molecule has 1 aliphatic heterocycles. The molecule has 2 aromatic rings. The van der Waals surface area contributed by atoms with E-state index in [1.165, 1.54) is 0 Å². The quantitative estimate of drug-likeness (QED) is 0.743. The third kappa shape index (κ3) is 3.91. The molecule has 0 aromatic heterocycles. The number of unbranched alkanes of at least 4 members (excludes halogenated alkanes) is 1. The molecule has 3 N–H and O–H groups in total. The van der Waals surface area contributed by atoms with Crippen LogP contribution in [0.5, 0.6) is 0 Å². The maximum absolute atomic E-state index is 12.8. The number of benzene rings is 2. The van der Waals surface area contributed by atoms with Gasteiger partial charge in [-0.1, -0.05) is 55.8 Å². The number of nitrogens with two attached hydrogens (primary N) is 1. The molecule has 0 saturated carbocycles. The first-order chi connectivity index (χ1) is 14.4. The lowest BCUT2D eigenvalue weighted by molar-refractivity contribution is -0.121. The number of carbonyl (C=O) groups is 1. The van der Waals surface area contributed by atoms with Crippen LogP contribution in [0.3, 0.4) is 0 Å². The zero-order valence-corrected chi connectivity index (χ0v) is 17.9. The van der Waals surface area contributed by atoms with Crippen LogP contribution in [0, 0.1) is 0 Å². The lowest BCUT2D eigenvalue weighted by Crippen LogP contribution is -2.32. The van der Waals surface area contributed by atoms with Gasteiger partial charge in [0.2, 0.25) is 5.91 Å². The zero-order valence-electron chi connectivity index (χ0n) is 17.0. The Kier molecular flexibility index (Phi) is 5.75. The Labute approximate surface area is 177 Å². The molecule has 0 fully saturated rings. The smallest absolute Gasteiger partial charge is 0.241 e. The van der Waals surface area contributed by atoms with Crippen molar-refractivity contribution in [2.45, 2.75) is 49.8 Å². The highest BCUT2D eigenvalue weighted by Gasteiger charge is 2.39. The summed E-state index contributed by atoms with van der Waals surface area (Å²) in [5, 5.41) is 3.78. The molecule has 0 spiro atoms. The fourth-order valence-electron chi connectivity index (χ4n) is 4.41. The van der Waals surface area contributed by atoms with Crippen LogP contribution < -0.4 is 11.2 Å². The summed E-state index contributed by atoms with van der Waals surface area (Å²) in [6.45, 7) is 1.98. The molecular weight excluding hydrogens is 398 g/mol. The number of amides is 1. The van der Waals surface area contributed by atoms with E-state index >= 15 is 0 Å². The van der Waals surface area contributed by atoms with Gasteiger partial charge in [0.15, 0.2) is 9.84 Å². The van der Waals surface area contributed by atoms with Crippen molar-refractivity contribution in [3.63, 3.8) is 0 Å². The van der Waals surface area contributed by atoms with Crippen LogP contribution in [0.2, 0.25) is 0 Å². The first kappa shape index (κ1) is 20.8. The van der Waals surface area contributed by atoms with Gasteiger partial charge in [0.25, 0.3) is 0 Å². The highest BCUT2D eigenvalue weighted by atomic mass is 32.2. The van der Waals surface area contributed by atoms with Crippen LogP contribution in [0.15, 0.2) is 53.6 Å². The van der Waals surface area contributed by atoms with Gasteiger partial charge < -0.3 is 5.73 Å². The standard InChI is InChI=1S/C23H27N3O3S/c1-2-3-11-30(28,29)20-13-17-12-16(9-10-18(17)22(20)24)23-19(14-21(27)25-26-23)15-7-5-4-6-8-15/h4-10,12,19-20,22H,2-3,11,13-14,24H2,1H3,(H,25,27). The number of rotatable bonds is 6. The van der Waals surface area contributed by atoms with Gasteiger partial charge in [-0.2, -0.15) is 5.10 Å². The SMILES string of the molecule is CCCCS(=O)(=O)C1Cc2cc(C3=NNC(=O)CC3c3ccccc3)ccc2C1N.